The maximum absolute atomic E-state index is 12.4. The molecule has 0 aliphatic heterocycles. The Kier molecular flexibility index (Phi) is 4.38. The summed E-state index contributed by atoms with van der Waals surface area (Å²) in [6, 6.07) is 9.94. The van der Waals surface area contributed by atoms with Crippen LogP contribution < -0.4 is 0 Å². The molecule has 0 fully saturated rings. The Morgan fingerprint density at radius 3 is 2.57 bits per heavy atom. The monoisotopic (exact) mass is 303 g/mol. The van der Waals surface area contributed by atoms with Crippen molar-refractivity contribution in [3.05, 3.63) is 73.8 Å². The second-order valence-corrected chi connectivity index (χ2v) is 5.38. The fourth-order valence-electron chi connectivity index (χ4n) is 2.15. The Bertz CT molecular complexity index is 725. The summed E-state index contributed by atoms with van der Waals surface area (Å²) < 4.78 is 0. The van der Waals surface area contributed by atoms with Crippen LogP contribution >= 0.6 is 11.6 Å². The van der Waals surface area contributed by atoms with Gasteiger partial charge in [0.05, 0.1) is 10.5 Å². The number of halogens is 1. The first-order valence-electron chi connectivity index (χ1n) is 6.42. The van der Waals surface area contributed by atoms with Crippen molar-refractivity contribution in [2.24, 2.45) is 0 Å². The lowest BCUT2D eigenvalue weighted by Gasteiger charge is -2.07. The van der Waals surface area contributed by atoms with Crippen molar-refractivity contribution < 1.29 is 9.72 Å². The minimum atomic E-state index is -0.581. The van der Waals surface area contributed by atoms with E-state index in [1.807, 2.05) is 32.0 Å². The van der Waals surface area contributed by atoms with Gasteiger partial charge in [0.15, 0.2) is 5.78 Å². The SMILES string of the molecule is Cc1ccc(C)c(CC(=O)c2ccc(Cl)cc2[N+](=O)[O-])c1. The maximum atomic E-state index is 12.4. The Morgan fingerprint density at radius 1 is 1.19 bits per heavy atom. The third-order valence-electron chi connectivity index (χ3n) is 3.31. The van der Waals surface area contributed by atoms with Crippen LogP contribution in [0.4, 0.5) is 5.69 Å². The van der Waals surface area contributed by atoms with E-state index in [-0.39, 0.29) is 28.5 Å². The first-order chi connectivity index (χ1) is 9.88. The van der Waals surface area contributed by atoms with E-state index >= 15 is 0 Å². The van der Waals surface area contributed by atoms with Crippen LogP contribution in [0.5, 0.6) is 0 Å². The number of aryl methyl sites for hydroxylation is 2. The van der Waals surface area contributed by atoms with Crippen molar-refractivity contribution >= 4 is 23.1 Å². The zero-order valence-corrected chi connectivity index (χ0v) is 12.5. The van der Waals surface area contributed by atoms with Crippen molar-refractivity contribution in [2.45, 2.75) is 20.3 Å². The van der Waals surface area contributed by atoms with E-state index < -0.39 is 4.92 Å². The molecular formula is C16H14ClNO3. The van der Waals surface area contributed by atoms with Gasteiger partial charge < -0.3 is 0 Å². The van der Waals surface area contributed by atoms with E-state index in [1.54, 1.807) is 0 Å². The lowest BCUT2D eigenvalue weighted by Crippen LogP contribution is -2.08. The minimum absolute atomic E-state index is 0.0882. The average Bonchev–Trinajstić information content (AvgIpc) is 2.42. The largest absolute Gasteiger partial charge is 0.294 e. The first-order valence-corrected chi connectivity index (χ1v) is 6.79. The van der Waals surface area contributed by atoms with Gasteiger partial charge in [-0.15, -0.1) is 0 Å². The predicted octanol–water partition coefficient (Wildman–Crippen LogP) is 4.29. The van der Waals surface area contributed by atoms with Gasteiger partial charge in [-0.2, -0.15) is 0 Å². The van der Waals surface area contributed by atoms with E-state index in [0.29, 0.717) is 0 Å². The lowest BCUT2D eigenvalue weighted by atomic mass is 9.97. The summed E-state index contributed by atoms with van der Waals surface area (Å²) in [7, 11) is 0. The molecule has 0 N–H and O–H groups in total. The number of nitro benzene ring substituents is 1. The van der Waals surface area contributed by atoms with Gasteiger partial charge in [-0.05, 0) is 37.1 Å². The van der Waals surface area contributed by atoms with Crippen LogP contribution in [0.15, 0.2) is 36.4 Å². The highest BCUT2D eigenvalue weighted by Gasteiger charge is 2.21. The molecule has 108 valence electrons. The highest BCUT2D eigenvalue weighted by Crippen LogP contribution is 2.25. The van der Waals surface area contributed by atoms with Gasteiger partial charge in [0.2, 0.25) is 0 Å². The summed E-state index contributed by atoms with van der Waals surface area (Å²) in [6.45, 7) is 3.86. The van der Waals surface area contributed by atoms with E-state index in [9.17, 15) is 14.9 Å². The lowest BCUT2D eigenvalue weighted by molar-refractivity contribution is -0.385. The fourth-order valence-corrected chi connectivity index (χ4v) is 2.32. The molecule has 0 unspecified atom stereocenters. The molecule has 0 bridgehead atoms. The fraction of sp³-hybridized carbons (Fsp3) is 0.188. The Labute approximate surface area is 127 Å². The van der Waals surface area contributed by atoms with Crippen molar-refractivity contribution in [1.82, 2.24) is 0 Å². The van der Waals surface area contributed by atoms with Gasteiger partial charge in [-0.3, -0.25) is 14.9 Å². The molecule has 0 aliphatic rings. The van der Waals surface area contributed by atoms with Crippen molar-refractivity contribution in [3.8, 4) is 0 Å². The van der Waals surface area contributed by atoms with Crippen LogP contribution in [-0.2, 0) is 6.42 Å². The Morgan fingerprint density at radius 2 is 1.90 bits per heavy atom. The second-order valence-electron chi connectivity index (χ2n) is 4.95. The minimum Gasteiger partial charge on any atom is -0.294 e. The molecular weight excluding hydrogens is 290 g/mol. The molecule has 0 aromatic heterocycles. The van der Waals surface area contributed by atoms with Crippen molar-refractivity contribution in [1.29, 1.82) is 0 Å². The molecule has 0 aliphatic carbocycles. The number of Topliss-reactive ketones (excluding diaryl/α,β-unsaturated/α-hetero) is 1. The molecule has 0 saturated heterocycles. The summed E-state index contributed by atoms with van der Waals surface area (Å²) in [5.74, 6) is -0.285. The molecule has 0 radical (unpaired) electrons. The van der Waals surface area contributed by atoms with Crippen molar-refractivity contribution in [2.75, 3.05) is 0 Å². The molecule has 0 saturated carbocycles. The molecule has 4 nitrogen and oxygen atoms in total. The Hall–Kier alpha value is -2.20. The average molecular weight is 304 g/mol. The molecule has 0 atom stereocenters. The van der Waals surface area contributed by atoms with Gasteiger partial charge in [0.1, 0.15) is 0 Å². The topological polar surface area (TPSA) is 60.2 Å². The third-order valence-corrected chi connectivity index (χ3v) is 3.55. The van der Waals surface area contributed by atoms with E-state index in [2.05, 4.69) is 0 Å². The van der Waals surface area contributed by atoms with Crippen LogP contribution in [0, 0.1) is 24.0 Å². The Balaban J connectivity index is 2.37. The molecule has 5 heteroatoms. The zero-order chi connectivity index (χ0) is 15.6. The number of rotatable bonds is 4. The van der Waals surface area contributed by atoms with Gasteiger partial charge in [-0.25, -0.2) is 0 Å². The third kappa shape index (κ3) is 3.47. The van der Waals surface area contributed by atoms with Crippen LogP contribution in [0.3, 0.4) is 0 Å². The second kappa shape index (κ2) is 6.06. The predicted molar refractivity (Wildman–Crippen MR) is 82.1 cm³/mol. The number of benzene rings is 2. The summed E-state index contributed by atoms with van der Waals surface area (Å²) in [6.07, 6.45) is 0.135. The first kappa shape index (κ1) is 15.2. The number of hydrogen-bond donors (Lipinski definition) is 0. The number of carbonyl (C=O) groups is 1. The smallest absolute Gasteiger partial charge is 0.281 e. The summed E-state index contributed by atoms with van der Waals surface area (Å²) >= 11 is 5.76. The normalized spacial score (nSPS) is 10.4. The van der Waals surface area contributed by atoms with Gasteiger partial charge >= 0.3 is 0 Å². The molecule has 2 aromatic carbocycles. The number of nitro groups is 1. The maximum Gasteiger partial charge on any atom is 0.281 e. The van der Waals surface area contributed by atoms with E-state index in [1.165, 1.54) is 18.2 Å². The van der Waals surface area contributed by atoms with Crippen LogP contribution in [0.1, 0.15) is 27.0 Å². The standard InChI is InChI=1S/C16H14ClNO3/c1-10-3-4-11(2)12(7-10)8-16(19)14-6-5-13(17)9-15(14)18(20)21/h3-7,9H,8H2,1-2H3. The highest BCUT2D eigenvalue weighted by atomic mass is 35.5. The van der Waals surface area contributed by atoms with E-state index in [4.69, 9.17) is 11.6 Å². The number of hydrogen-bond acceptors (Lipinski definition) is 3. The van der Waals surface area contributed by atoms with Gasteiger partial charge in [0, 0.05) is 17.5 Å². The number of ketones is 1. The van der Waals surface area contributed by atoms with Crippen LogP contribution in [0.2, 0.25) is 5.02 Å². The molecule has 21 heavy (non-hydrogen) atoms. The summed E-state index contributed by atoms with van der Waals surface area (Å²) in [4.78, 5) is 22.8. The van der Waals surface area contributed by atoms with Gasteiger partial charge in [-0.1, -0.05) is 35.4 Å². The van der Waals surface area contributed by atoms with Crippen LogP contribution in [0.25, 0.3) is 0 Å². The number of nitrogens with zero attached hydrogens (tertiary/aromatic N) is 1. The van der Waals surface area contributed by atoms with Crippen molar-refractivity contribution in [3.63, 3.8) is 0 Å². The molecule has 0 amide bonds. The highest BCUT2D eigenvalue weighted by molar-refractivity contribution is 6.31. The number of carbonyl (C=O) groups excluding carboxylic acids is 1. The quantitative estimate of drug-likeness (QED) is 0.481. The van der Waals surface area contributed by atoms with E-state index in [0.717, 1.165) is 16.7 Å². The zero-order valence-electron chi connectivity index (χ0n) is 11.7. The molecule has 2 rings (SSSR count). The summed E-state index contributed by atoms with van der Waals surface area (Å²) in [5, 5.41) is 11.3. The molecule has 2 aromatic rings. The molecule has 0 heterocycles. The van der Waals surface area contributed by atoms with Crippen LogP contribution in [-0.4, -0.2) is 10.7 Å². The molecule has 0 spiro atoms. The van der Waals surface area contributed by atoms with Gasteiger partial charge in [0.25, 0.3) is 5.69 Å². The summed E-state index contributed by atoms with van der Waals surface area (Å²) in [5.41, 5.74) is 2.76.